The number of aliphatic imine (C=N–C) groups is 1. The lowest BCUT2D eigenvalue weighted by molar-refractivity contribution is 0.313. The third-order valence-corrected chi connectivity index (χ3v) is 4.99. The standard InChI is InChI=1S/C23H41N/c1-6-10-12-14-16-18-23(5,19-17-15-13-11-7-2)22(9-4)21-24-20-8-3/h8-9,20-21H,3-4,6-7,10-19H2,1-2,5H3/b22-21+,24-20-. The van der Waals surface area contributed by atoms with Crippen LogP contribution in [0.5, 0.6) is 0 Å². The second-order valence-electron chi connectivity index (χ2n) is 7.21. The van der Waals surface area contributed by atoms with Crippen LogP contribution in [0.25, 0.3) is 0 Å². The van der Waals surface area contributed by atoms with Gasteiger partial charge in [-0.3, -0.25) is 4.99 Å². The quantitative estimate of drug-likeness (QED) is 0.154. The fraction of sp³-hybridized carbons (Fsp3) is 0.696. The molecule has 0 N–H and O–H groups in total. The zero-order chi connectivity index (χ0) is 18.1. The molecule has 0 aliphatic carbocycles. The van der Waals surface area contributed by atoms with Crippen molar-refractivity contribution in [3.05, 3.63) is 37.1 Å². The largest absolute Gasteiger partial charge is 0.264 e. The number of allylic oxidation sites excluding steroid dienone is 3. The molecule has 0 heterocycles. The summed E-state index contributed by atoms with van der Waals surface area (Å²) in [5, 5.41) is 0. The van der Waals surface area contributed by atoms with Crippen molar-refractivity contribution in [2.75, 3.05) is 0 Å². The number of hydrogen-bond acceptors (Lipinski definition) is 1. The molecule has 0 bridgehead atoms. The molecular weight excluding hydrogens is 290 g/mol. The van der Waals surface area contributed by atoms with E-state index >= 15 is 0 Å². The fourth-order valence-corrected chi connectivity index (χ4v) is 3.29. The minimum atomic E-state index is 0.207. The number of unbranched alkanes of at least 4 members (excludes halogenated alkanes) is 8. The van der Waals surface area contributed by atoms with Crippen molar-refractivity contribution in [1.29, 1.82) is 0 Å². The Bertz CT molecular complexity index is 361. The molecule has 0 rings (SSSR count). The van der Waals surface area contributed by atoms with Crippen LogP contribution in [0.2, 0.25) is 0 Å². The minimum Gasteiger partial charge on any atom is -0.264 e. The molecule has 0 aromatic heterocycles. The van der Waals surface area contributed by atoms with Gasteiger partial charge in [0.2, 0.25) is 0 Å². The molecule has 1 heteroatoms. The summed E-state index contributed by atoms with van der Waals surface area (Å²) in [6.45, 7) is 14.7. The van der Waals surface area contributed by atoms with Gasteiger partial charge >= 0.3 is 0 Å². The molecule has 0 radical (unpaired) electrons. The fourth-order valence-electron chi connectivity index (χ4n) is 3.29. The Hall–Kier alpha value is -1.11. The zero-order valence-electron chi connectivity index (χ0n) is 16.7. The molecule has 138 valence electrons. The lowest BCUT2D eigenvalue weighted by atomic mass is 9.74. The molecule has 0 aliphatic heterocycles. The van der Waals surface area contributed by atoms with Gasteiger partial charge in [-0.25, -0.2) is 0 Å². The van der Waals surface area contributed by atoms with E-state index in [1.54, 1.807) is 12.3 Å². The Morgan fingerprint density at radius 2 is 1.33 bits per heavy atom. The van der Waals surface area contributed by atoms with Crippen LogP contribution in [0, 0.1) is 5.41 Å². The van der Waals surface area contributed by atoms with Crippen LogP contribution in [0.1, 0.15) is 97.8 Å². The number of hydrogen-bond donors (Lipinski definition) is 0. The molecular formula is C23H41N. The molecule has 24 heavy (non-hydrogen) atoms. The first kappa shape index (κ1) is 22.9. The van der Waals surface area contributed by atoms with Crippen molar-refractivity contribution in [2.24, 2.45) is 10.4 Å². The van der Waals surface area contributed by atoms with E-state index in [9.17, 15) is 0 Å². The summed E-state index contributed by atoms with van der Waals surface area (Å²) in [6.07, 6.45) is 23.4. The molecule has 0 aliphatic rings. The maximum atomic E-state index is 4.37. The zero-order valence-corrected chi connectivity index (χ0v) is 16.7. The van der Waals surface area contributed by atoms with Gasteiger partial charge in [0, 0.05) is 12.4 Å². The van der Waals surface area contributed by atoms with Crippen LogP contribution in [0.3, 0.4) is 0 Å². The Kier molecular flexibility index (Phi) is 14.7. The molecule has 0 unspecified atom stereocenters. The van der Waals surface area contributed by atoms with Gasteiger partial charge in [0.15, 0.2) is 0 Å². The lowest BCUT2D eigenvalue weighted by Gasteiger charge is -2.31. The van der Waals surface area contributed by atoms with E-state index in [4.69, 9.17) is 0 Å². The average Bonchev–Trinajstić information content (AvgIpc) is 2.58. The summed E-state index contributed by atoms with van der Waals surface area (Å²) >= 11 is 0. The molecule has 0 saturated heterocycles. The Labute approximate surface area is 152 Å². The van der Waals surface area contributed by atoms with E-state index in [1.807, 2.05) is 12.3 Å². The van der Waals surface area contributed by atoms with Crippen LogP contribution in [-0.4, -0.2) is 6.21 Å². The highest BCUT2D eigenvalue weighted by Gasteiger charge is 2.26. The van der Waals surface area contributed by atoms with Crippen molar-refractivity contribution in [3.8, 4) is 0 Å². The molecule has 1 nitrogen and oxygen atoms in total. The van der Waals surface area contributed by atoms with Gasteiger partial charge in [0.25, 0.3) is 0 Å². The van der Waals surface area contributed by atoms with E-state index in [1.165, 1.54) is 82.6 Å². The molecule has 0 amide bonds. The molecule has 0 atom stereocenters. The number of nitrogens with zero attached hydrogens (tertiary/aromatic N) is 1. The highest BCUT2D eigenvalue weighted by molar-refractivity contribution is 5.70. The third-order valence-electron chi connectivity index (χ3n) is 4.99. The van der Waals surface area contributed by atoms with Gasteiger partial charge in [0.05, 0.1) is 0 Å². The van der Waals surface area contributed by atoms with Crippen LogP contribution < -0.4 is 0 Å². The van der Waals surface area contributed by atoms with E-state index in [0.717, 1.165) is 0 Å². The maximum absolute atomic E-state index is 4.37. The Morgan fingerprint density at radius 3 is 1.75 bits per heavy atom. The van der Waals surface area contributed by atoms with Gasteiger partial charge in [-0.15, -0.1) is 0 Å². The van der Waals surface area contributed by atoms with Crippen LogP contribution in [0.15, 0.2) is 42.1 Å². The Morgan fingerprint density at radius 1 is 0.833 bits per heavy atom. The predicted octanol–water partition coefficient (Wildman–Crippen LogP) is 8.04. The van der Waals surface area contributed by atoms with E-state index in [0.29, 0.717) is 0 Å². The summed E-state index contributed by atoms with van der Waals surface area (Å²) in [4.78, 5) is 4.37. The van der Waals surface area contributed by atoms with Gasteiger partial charge in [-0.05, 0) is 23.8 Å². The van der Waals surface area contributed by atoms with E-state index in [-0.39, 0.29) is 5.41 Å². The molecule has 0 spiro atoms. The lowest BCUT2D eigenvalue weighted by Crippen LogP contribution is -2.19. The second-order valence-corrected chi connectivity index (χ2v) is 7.21. The molecule has 0 fully saturated rings. The highest BCUT2D eigenvalue weighted by Crippen LogP contribution is 2.39. The summed E-state index contributed by atoms with van der Waals surface area (Å²) < 4.78 is 0. The maximum Gasteiger partial charge on any atom is 0.0305 e. The van der Waals surface area contributed by atoms with Crippen LogP contribution in [-0.2, 0) is 0 Å². The van der Waals surface area contributed by atoms with Crippen LogP contribution in [0.4, 0.5) is 0 Å². The van der Waals surface area contributed by atoms with Gasteiger partial charge in [-0.2, -0.15) is 0 Å². The van der Waals surface area contributed by atoms with E-state index < -0.39 is 0 Å². The normalized spacial score (nSPS) is 12.7. The van der Waals surface area contributed by atoms with Crippen LogP contribution >= 0.6 is 0 Å². The first-order chi connectivity index (χ1) is 11.6. The Balaban J connectivity index is 4.75. The van der Waals surface area contributed by atoms with Crippen molar-refractivity contribution in [3.63, 3.8) is 0 Å². The molecule has 0 aromatic carbocycles. The van der Waals surface area contributed by atoms with Gasteiger partial charge in [-0.1, -0.05) is 110 Å². The first-order valence-corrected chi connectivity index (χ1v) is 10.1. The summed E-state index contributed by atoms with van der Waals surface area (Å²) in [7, 11) is 0. The van der Waals surface area contributed by atoms with Gasteiger partial charge in [0.1, 0.15) is 0 Å². The van der Waals surface area contributed by atoms with E-state index in [2.05, 4.69) is 38.9 Å². The minimum absolute atomic E-state index is 0.207. The first-order valence-electron chi connectivity index (χ1n) is 10.1. The average molecular weight is 332 g/mol. The predicted molar refractivity (Wildman–Crippen MR) is 112 cm³/mol. The topological polar surface area (TPSA) is 12.4 Å². The summed E-state index contributed by atoms with van der Waals surface area (Å²) in [5.41, 5.74) is 1.49. The summed E-state index contributed by atoms with van der Waals surface area (Å²) in [5.74, 6) is 0. The second kappa shape index (κ2) is 15.4. The molecule has 0 aromatic rings. The SMILES string of the molecule is C=C/C=N\C=C(/C=C)C(C)(CCCCCCC)CCCCCCC. The van der Waals surface area contributed by atoms with Gasteiger partial charge < -0.3 is 0 Å². The summed E-state index contributed by atoms with van der Waals surface area (Å²) in [6, 6.07) is 0. The smallest absolute Gasteiger partial charge is 0.0305 e. The molecule has 0 saturated carbocycles. The van der Waals surface area contributed by atoms with Crippen molar-refractivity contribution in [1.82, 2.24) is 0 Å². The third kappa shape index (κ3) is 10.6. The van der Waals surface area contributed by atoms with Crippen molar-refractivity contribution >= 4 is 6.21 Å². The van der Waals surface area contributed by atoms with Crippen molar-refractivity contribution < 1.29 is 0 Å². The monoisotopic (exact) mass is 331 g/mol. The number of rotatable bonds is 16. The highest BCUT2D eigenvalue weighted by atomic mass is 14.7. The van der Waals surface area contributed by atoms with Crippen molar-refractivity contribution in [2.45, 2.75) is 97.8 Å².